The maximum atomic E-state index is 12.7. The SMILES string of the molecule is COc1cc(C)cc(C)c1C(=O)P(Cl)c1ccccc1. The van der Waals surface area contributed by atoms with E-state index in [0.29, 0.717) is 11.3 Å². The van der Waals surface area contributed by atoms with Gasteiger partial charge in [-0.2, -0.15) is 0 Å². The lowest BCUT2D eigenvalue weighted by molar-refractivity contribution is 0.108. The maximum Gasteiger partial charge on any atom is 0.208 e. The van der Waals surface area contributed by atoms with E-state index >= 15 is 0 Å². The van der Waals surface area contributed by atoms with Crippen LogP contribution in [0.1, 0.15) is 21.5 Å². The Bertz CT molecular complexity index is 626. The van der Waals surface area contributed by atoms with Gasteiger partial charge in [-0.15, -0.1) is 0 Å². The second-order valence-electron chi connectivity index (χ2n) is 4.58. The van der Waals surface area contributed by atoms with Crippen LogP contribution in [-0.2, 0) is 0 Å². The molecule has 0 N–H and O–H groups in total. The predicted octanol–water partition coefficient (Wildman–Crippen LogP) is 4.41. The molecular weight excluding hydrogens is 291 g/mol. The summed E-state index contributed by atoms with van der Waals surface area (Å²) < 4.78 is 5.35. The zero-order valence-corrected chi connectivity index (χ0v) is 13.3. The minimum absolute atomic E-state index is 0.0674. The van der Waals surface area contributed by atoms with Crippen molar-refractivity contribution in [3.8, 4) is 5.75 Å². The number of benzene rings is 2. The van der Waals surface area contributed by atoms with E-state index in [0.717, 1.165) is 16.4 Å². The van der Waals surface area contributed by atoms with Crippen molar-refractivity contribution in [2.75, 3.05) is 7.11 Å². The van der Waals surface area contributed by atoms with Gasteiger partial charge in [-0.25, -0.2) is 0 Å². The van der Waals surface area contributed by atoms with Crippen molar-refractivity contribution in [1.29, 1.82) is 0 Å². The summed E-state index contributed by atoms with van der Waals surface area (Å²) in [5.74, 6) is 0.594. The third kappa shape index (κ3) is 3.03. The molecule has 0 aliphatic rings. The number of hydrogen-bond acceptors (Lipinski definition) is 2. The largest absolute Gasteiger partial charge is 0.496 e. The third-order valence-corrected chi connectivity index (χ3v) is 5.42. The Kier molecular flexibility index (Phi) is 4.80. The van der Waals surface area contributed by atoms with Crippen molar-refractivity contribution in [2.45, 2.75) is 13.8 Å². The predicted molar refractivity (Wildman–Crippen MR) is 85.6 cm³/mol. The van der Waals surface area contributed by atoms with Crippen molar-refractivity contribution in [2.24, 2.45) is 0 Å². The first-order chi connectivity index (χ1) is 9.54. The lowest BCUT2D eigenvalue weighted by atomic mass is 10.1. The number of aryl methyl sites for hydroxylation is 2. The molecular formula is C16H16ClO2P. The normalized spacial score (nSPS) is 12.0. The van der Waals surface area contributed by atoms with Gasteiger partial charge < -0.3 is 4.74 Å². The molecule has 20 heavy (non-hydrogen) atoms. The molecule has 0 bridgehead atoms. The van der Waals surface area contributed by atoms with Crippen LogP contribution in [0.15, 0.2) is 42.5 Å². The smallest absolute Gasteiger partial charge is 0.208 e. The average Bonchev–Trinajstić information content (AvgIpc) is 2.46. The molecule has 2 nitrogen and oxygen atoms in total. The zero-order chi connectivity index (χ0) is 14.7. The fourth-order valence-corrected chi connectivity index (χ4v) is 3.88. The summed E-state index contributed by atoms with van der Waals surface area (Å²) in [5.41, 5.74) is 2.48. The maximum absolute atomic E-state index is 12.7. The number of rotatable bonds is 4. The highest BCUT2D eigenvalue weighted by Gasteiger charge is 2.24. The van der Waals surface area contributed by atoms with Gasteiger partial charge in [-0.05, 0) is 36.3 Å². The van der Waals surface area contributed by atoms with E-state index in [1.807, 2.05) is 56.3 Å². The Morgan fingerprint density at radius 2 is 1.80 bits per heavy atom. The van der Waals surface area contributed by atoms with Gasteiger partial charge in [0, 0.05) is 0 Å². The molecule has 1 atom stereocenters. The molecule has 0 heterocycles. The van der Waals surface area contributed by atoms with Crippen LogP contribution in [0.4, 0.5) is 0 Å². The molecule has 1 unspecified atom stereocenters. The van der Waals surface area contributed by atoms with Crippen LogP contribution in [0.3, 0.4) is 0 Å². The van der Waals surface area contributed by atoms with Crippen molar-refractivity contribution in [3.05, 3.63) is 59.2 Å². The summed E-state index contributed by atoms with van der Waals surface area (Å²) >= 11 is 6.39. The third-order valence-electron chi connectivity index (χ3n) is 3.04. The summed E-state index contributed by atoms with van der Waals surface area (Å²) in [6.07, 6.45) is 0. The van der Waals surface area contributed by atoms with Gasteiger partial charge >= 0.3 is 0 Å². The molecule has 0 radical (unpaired) electrons. The Morgan fingerprint density at radius 1 is 1.15 bits per heavy atom. The van der Waals surface area contributed by atoms with E-state index in [2.05, 4.69) is 0 Å². The van der Waals surface area contributed by atoms with E-state index in [1.54, 1.807) is 7.11 Å². The molecule has 0 spiro atoms. The number of carbonyl (C=O) groups is 1. The van der Waals surface area contributed by atoms with Gasteiger partial charge in [-0.1, -0.05) is 47.6 Å². The summed E-state index contributed by atoms with van der Waals surface area (Å²) in [6.45, 7) is 3.89. The molecule has 0 saturated carbocycles. The molecule has 2 rings (SSSR count). The number of methoxy groups -OCH3 is 1. The molecule has 0 saturated heterocycles. The van der Waals surface area contributed by atoms with Crippen LogP contribution in [0.25, 0.3) is 0 Å². The van der Waals surface area contributed by atoms with Gasteiger partial charge in [0.25, 0.3) is 0 Å². The second-order valence-corrected chi connectivity index (χ2v) is 7.08. The number of carbonyl (C=O) groups excluding carboxylic acids is 1. The molecule has 0 aliphatic heterocycles. The van der Waals surface area contributed by atoms with Gasteiger partial charge in [0.1, 0.15) is 5.75 Å². The minimum Gasteiger partial charge on any atom is -0.496 e. The number of hydrogen-bond donors (Lipinski definition) is 0. The zero-order valence-electron chi connectivity index (χ0n) is 11.7. The van der Waals surface area contributed by atoms with Crippen LogP contribution in [-0.4, -0.2) is 12.6 Å². The van der Waals surface area contributed by atoms with E-state index in [1.165, 1.54) is 0 Å². The minimum atomic E-state index is -1.41. The van der Waals surface area contributed by atoms with E-state index in [9.17, 15) is 4.79 Å². The molecule has 2 aromatic rings. The van der Waals surface area contributed by atoms with Crippen LogP contribution in [0.5, 0.6) is 5.75 Å². The topological polar surface area (TPSA) is 26.3 Å². The Balaban J connectivity index is 2.44. The molecule has 0 aromatic heterocycles. The first-order valence-electron chi connectivity index (χ1n) is 6.25. The highest BCUT2D eigenvalue weighted by Crippen LogP contribution is 2.46. The standard InChI is InChI=1S/C16H16ClO2P/c1-11-9-12(2)15(14(10-11)19-3)16(18)20(17)13-7-5-4-6-8-13/h4-10H,1-3H3. The summed E-state index contributed by atoms with van der Waals surface area (Å²) in [7, 11) is 0.166. The van der Waals surface area contributed by atoms with Gasteiger partial charge in [0.15, 0.2) is 0 Å². The monoisotopic (exact) mass is 306 g/mol. The summed E-state index contributed by atoms with van der Waals surface area (Å²) in [4.78, 5) is 12.7. The Morgan fingerprint density at radius 3 is 2.40 bits per heavy atom. The Hall–Kier alpha value is -1.37. The Labute approximate surface area is 125 Å². The second kappa shape index (κ2) is 6.39. The summed E-state index contributed by atoms with van der Waals surface area (Å²) in [6, 6.07) is 13.3. The molecule has 0 aliphatic carbocycles. The average molecular weight is 307 g/mol. The van der Waals surface area contributed by atoms with E-state index < -0.39 is 7.27 Å². The van der Waals surface area contributed by atoms with Crippen molar-refractivity contribution < 1.29 is 9.53 Å². The molecule has 4 heteroatoms. The first-order valence-corrected chi connectivity index (χ1v) is 8.49. The molecule has 0 fully saturated rings. The van der Waals surface area contributed by atoms with Crippen LogP contribution in [0, 0.1) is 13.8 Å². The lowest BCUT2D eigenvalue weighted by Crippen LogP contribution is -2.08. The highest BCUT2D eigenvalue weighted by atomic mass is 35.7. The quantitative estimate of drug-likeness (QED) is 0.782. The molecule has 2 aromatic carbocycles. The van der Waals surface area contributed by atoms with Crippen molar-refractivity contribution >= 4 is 29.3 Å². The fraction of sp³-hybridized carbons (Fsp3) is 0.188. The van der Waals surface area contributed by atoms with E-state index in [4.69, 9.17) is 16.0 Å². The first kappa shape index (κ1) is 15.0. The lowest BCUT2D eigenvalue weighted by Gasteiger charge is -2.15. The molecule has 104 valence electrons. The van der Waals surface area contributed by atoms with Crippen molar-refractivity contribution in [3.63, 3.8) is 0 Å². The van der Waals surface area contributed by atoms with E-state index in [-0.39, 0.29) is 5.52 Å². The summed E-state index contributed by atoms with van der Waals surface area (Å²) in [5, 5.41) is 0.858. The van der Waals surface area contributed by atoms with Crippen LogP contribution >= 0.6 is 18.5 Å². The van der Waals surface area contributed by atoms with Gasteiger partial charge in [0.2, 0.25) is 5.52 Å². The van der Waals surface area contributed by atoms with Crippen molar-refractivity contribution in [1.82, 2.24) is 0 Å². The fourth-order valence-electron chi connectivity index (χ4n) is 2.14. The highest BCUT2D eigenvalue weighted by molar-refractivity contribution is 8.02. The van der Waals surface area contributed by atoms with Crippen LogP contribution < -0.4 is 10.0 Å². The number of halogens is 1. The van der Waals surface area contributed by atoms with Crippen LogP contribution in [0.2, 0.25) is 0 Å². The van der Waals surface area contributed by atoms with Gasteiger partial charge in [0.05, 0.1) is 19.9 Å². The van der Waals surface area contributed by atoms with Gasteiger partial charge in [-0.3, -0.25) is 4.79 Å². The number of ether oxygens (including phenoxy) is 1. The molecule has 0 amide bonds.